The lowest BCUT2D eigenvalue weighted by Gasteiger charge is -2.20. The average molecular weight is 363 g/mol. The van der Waals surface area contributed by atoms with Gasteiger partial charge in [-0.1, -0.05) is 12.8 Å². The van der Waals surface area contributed by atoms with E-state index < -0.39 is 0 Å². The predicted molar refractivity (Wildman–Crippen MR) is 86.6 cm³/mol. The first kappa shape index (κ1) is 16.3. The lowest BCUT2D eigenvalue weighted by molar-refractivity contribution is 0.181. The Morgan fingerprint density at radius 2 is 2.35 bits per heavy atom. The second kappa shape index (κ2) is 8.38. The van der Waals surface area contributed by atoms with Gasteiger partial charge in [0.05, 0.1) is 35.6 Å². The number of ether oxygens (including phenoxy) is 1. The van der Waals surface area contributed by atoms with Gasteiger partial charge in [0, 0.05) is 18.1 Å². The number of aromatic nitrogens is 2. The topological polar surface area (TPSA) is 65.1 Å². The molecule has 0 aliphatic heterocycles. The maximum absolute atomic E-state index is 5.76. The molecule has 0 radical (unpaired) electrons. The highest BCUT2D eigenvalue weighted by atomic mass is 79.9. The van der Waals surface area contributed by atoms with E-state index in [0.29, 0.717) is 6.61 Å². The fraction of sp³-hybridized carbons (Fsp3) is 0.769. The molecular formula is C13H23BrN4OS. The molecule has 1 saturated carbocycles. The van der Waals surface area contributed by atoms with Gasteiger partial charge in [0.1, 0.15) is 0 Å². The second-order valence-corrected chi connectivity index (χ2v) is 7.24. The van der Waals surface area contributed by atoms with Gasteiger partial charge in [0.15, 0.2) is 0 Å². The van der Waals surface area contributed by atoms with Crippen LogP contribution in [0, 0.1) is 0 Å². The van der Waals surface area contributed by atoms with Crippen molar-refractivity contribution < 1.29 is 4.74 Å². The SMILES string of the molecule is COCCn1ncc(Br)c1C(CSC1CCCC1)NN. The largest absolute Gasteiger partial charge is 0.383 e. The van der Waals surface area contributed by atoms with Crippen LogP contribution in [0.2, 0.25) is 0 Å². The van der Waals surface area contributed by atoms with Crippen LogP contribution in [-0.4, -0.2) is 34.5 Å². The van der Waals surface area contributed by atoms with E-state index in [1.807, 2.05) is 22.6 Å². The fourth-order valence-corrected chi connectivity index (χ4v) is 4.53. The summed E-state index contributed by atoms with van der Waals surface area (Å²) < 4.78 is 8.10. The number of thioether (sulfide) groups is 1. The van der Waals surface area contributed by atoms with Gasteiger partial charge in [-0.3, -0.25) is 16.0 Å². The Hall–Kier alpha value is -0.0800. The molecular weight excluding hydrogens is 340 g/mol. The van der Waals surface area contributed by atoms with Crippen molar-refractivity contribution in [2.75, 3.05) is 19.5 Å². The third kappa shape index (κ3) is 4.21. The van der Waals surface area contributed by atoms with Gasteiger partial charge in [-0.15, -0.1) is 0 Å². The molecule has 0 bridgehead atoms. The fourth-order valence-electron chi connectivity index (χ4n) is 2.57. The Labute approximate surface area is 133 Å². The van der Waals surface area contributed by atoms with E-state index in [-0.39, 0.29) is 6.04 Å². The van der Waals surface area contributed by atoms with Crippen molar-refractivity contribution in [1.82, 2.24) is 15.2 Å². The minimum Gasteiger partial charge on any atom is -0.383 e. The first-order valence-electron chi connectivity index (χ1n) is 7.04. The number of hydrazine groups is 1. The van der Waals surface area contributed by atoms with E-state index in [1.54, 1.807) is 7.11 Å². The number of nitrogens with one attached hydrogen (secondary N) is 1. The van der Waals surface area contributed by atoms with E-state index in [2.05, 4.69) is 26.5 Å². The normalized spacial score (nSPS) is 17.8. The van der Waals surface area contributed by atoms with Gasteiger partial charge < -0.3 is 4.74 Å². The third-order valence-electron chi connectivity index (χ3n) is 3.67. The number of nitrogens with zero attached hydrogens (tertiary/aromatic N) is 2. The van der Waals surface area contributed by atoms with Crippen LogP contribution in [0.15, 0.2) is 10.7 Å². The Balaban J connectivity index is 1.99. The first-order valence-corrected chi connectivity index (χ1v) is 8.88. The lowest BCUT2D eigenvalue weighted by Crippen LogP contribution is -2.32. The van der Waals surface area contributed by atoms with E-state index in [1.165, 1.54) is 25.7 Å². The van der Waals surface area contributed by atoms with E-state index in [0.717, 1.165) is 27.7 Å². The van der Waals surface area contributed by atoms with Gasteiger partial charge in [0.25, 0.3) is 0 Å². The molecule has 1 fully saturated rings. The molecule has 0 aromatic carbocycles. The highest BCUT2D eigenvalue weighted by Gasteiger charge is 2.22. The number of halogens is 1. The highest BCUT2D eigenvalue weighted by molar-refractivity contribution is 9.10. The zero-order valence-electron chi connectivity index (χ0n) is 11.8. The molecule has 0 amide bonds. The number of hydrogen-bond donors (Lipinski definition) is 2. The molecule has 1 aromatic heterocycles. The van der Waals surface area contributed by atoms with Crippen molar-refractivity contribution in [2.45, 2.75) is 43.5 Å². The molecule has 5 nitrogen and oxygen atoms in total. The van der Waals surface area contributed by atoms with Crippen LogP contribution in [0.1, 0.15) is 37.4 Å². The van der Waals surface area contributed by atoms with Crippen LogP contribution in [0.4, 0.5) is 0 Å². The summed E-state index contributed by atoms with van der Waals surface area (Å²) >= 11 is 5.60. The highest BCUT2D eigenvalue weighted by Crippen LogP contribution is 2.33. The Kier molecular flexibility index (Phi) is 6.83. The van der Waals surface area contributed by atoms with Gasteiger partial charge in [0.2, 0.25) is 0 Å². The number of methoxy groups -OCH3 is 1. The molecule has 1 aliphatic carbocycles. The van der Waals surface area contributed by atoms with Crippen LogP contribution in [-0.2, 0) is 11.3 Å². The summed E-state index contributed by atoms with van der Waals surface area (Å²) in [6, 6.07) is 0.106. The van der Waals surface area contributed by atoms with Crippen molar-refractivity contribution in [1.29, 1.82) is 0 Å². The average Bonchev–Trinajstić information content (AvgIpc) is 3.08. The zero-order valence-corrected chi connectivity index (χ0v) is 14.3. The molecule has 20 heavy (non-hydrogen) atoms. The molecule has 1 aliphatic rings. The molecule has 0 saturated heterocycles. The van der Waals surface area contributed by atoms with E-state index in [4.69, 9.17) is 10.6 Å². The first-order chi connectivity index (χ1) is 9.76. The molecule has 1 unspecified atom stereocenters. The molecule has 0 spiro atoms. The van der Waals surface area contributed by atoms with Crippen LogP contribution in [0.25, 0.3) is 0 Å². The smallest absolute Gasteiger partial charge is 0.0730 e. The van der Waals surface area contributed by atoms with Crippen molar-refractivity contribution in [3.8, 4) is 0 Å². The summed E-state index contributed by atoms with van der Waals surface area (Å²) in [6.07, 6.45) is 7.25. The van der Waals surface area contributed by atoms with Crippen LogP contribution < -0.4 is 11.3 Å². The van der Waals surface area contributed by atoms with Crippen LogP contribution in [0.5, 0.6) is 0 Å². The molecule has 1 aromatic rings. The van der Waals surface area contributed by atoms with Crippen molar-refractivity contribution in [3.63, 3.8) is 0 Å². The minimum atomic E-state index is 0.106. The molecule has 2 rings (SSSR count). The third-order valence-corrected chi connectivity index (χ3v) is 5.75. The Morgan fingerprint density at radius 1 is 1.60 bits per heavy atom. The molecule has 1 atom stereocenters. The molecule has 3 N–H and O–H groups in total. The molecule has 7 heteroatoms. The van der Waals surface area contributed by atoms with E-state index in [9.17, 15) is 0 Å². The molecule has 1 heterocycles. The summed E-state index contributed by atoms with van der Waals surface area (Å²) in [5.74, 6) is 6.73. The Morgan fingerprint density at radius 3 is 3.00 bits per heavy atom. The van der Waals surface area contributed by atoms with Gasteiger partial charge in [-0.25, -0.2) is 0 Å². The maximum Gasteiger partial charge on any atom is 0.0730 e. The standard InChI is InChI=1S/C13H23BrN4OS/c1-19-7-6-18-13(11(14)8-16-18)12(17-15)9-20-10-4-2-3-5-10/h8,10,12,17H,2-7,9,15H2,1H3. The summed E-state index contributed by atoms with van der Waals surface area (Å²) in [5, 5.41) is 5.18. The van der Waals surface area contributed by atoms with Gasteiger partial charge in [-0.2, -0.15) is 16.9 Å². The predicted octanol–water partition coefficient (Wildman–Crippen LogP) is 2.47. The van der Waals surface area contributed by atoms with Crippen LogP contribution >= 0.6 is 27.7 Å². The number of rotatable bonds is 8. The summed E-state index contributed by atoms with van der Waals surface area (Å²) in [5.41, 5.74) is 4.04. The Bertz CT molecular complexity index is 409. The van der Waals surface area contributed by atoms with Crippen molar-refractivity contribution in [3.05, 3.63) is 16.4 Å². The minimum absolute atomic E-state index is 0.106. The van der Waals surface area contributed by atoms with Crippen LogP contribution in [0.3, 0.4) is 0 Å². The van der Waals surface area contributed by atoms with E-state index >= 15 is 0 Å². The summed E-state index contributed by atoms with van der Waals surface area (Å²) in [6.45, 7) is 1.39. The quantitative estimate of drug-likeness (QED) is 0.549. The zero-order chi connectivity index (χ0) is 14.4. The van der Waals surface area contributed by atoms with Crippen molar-refractivity contribution in [2.24, 2.45) is 5.84 Å². The molecule has 114 valence electrons. The number of nitrogens with two attached hydrogens (primary N) is 1. The lowest BCUT2D eigenvalue weighted by atomic mass is 10.2. The monoisotopic (exact) mass is 362 g/mol. The number of hydrogen-bond acceptors (Lipinski definition) is 5. The maximum atomic E-state index is 5.76. The van der Waals surface area contributed by atoms with Gasteiger partial charge in [-0.05, 0) is 28.8 Å². The second-order valence-electron chi connectivity index (χ2n) is 5.05. The van der Waals surface area contributed by atoms with Crippen molar-refractivity contribution >= 4 is 27.7 Å². The van der Waals surface area contributed by atoms with Gasteiger partial charge >= 0.3 is 0 Å². The summed E-state index contributed by atoms with van der Waals surface area (Å²) in [4.78, 5) is 0. The summed E-state index contributed by atoms with van der Waals surface area (Å²) in [7, 11) is 1.70.